The third-order valence-corrected chi connectivity index (χ3v) is 0.750. The molecule has 0 fully saturated rings. The van der Waals surface area contributed by atoms with Crippen LogP contribution >= 0.6 is 0 Å². The fraction of sp³-hybridized carbons (Fsp3) is 1.00. The molecular formula is C4H11N3O-2. The zero-order valence-corrected chi connectivity index (χ0v) is 5.22. The zero-order valence-electron chi connectivity index (χ0n) is 5.22. The summed E-state index contributed by atoms with van der Waals surface area (Å²) in [5.41, 5.74) is 0. The predicted octanol–water partition coefficient (Wildman–Crippen LogP) is 0.315. The second-order valence-electron chi connectivity index (χ2n) is 1.77. The first-order valence-corrected chi connectivity index (χ1v) is 2.43. The largest absolute Gasteiger partial charge is 0.785 e. The number of nitrogens with one attached hydrogen (secondary N) is 1. The van der Waals surface area contributed by atoms with Gasteiger partial charge in [-0.05, 0) is 27.2 Å². The summed E-state index contributed by atoms with van der Waals surface area (Å²) in [5.74, 6) is 6.84. The van der Waals surface area contributed by atoms with Crippen molar-refractivity contribution in [3.05, 3.63) is 11.0 Å². The summed E-state index contributed by atoms with van der Waals surface area (Å²) in [7, 11) is 3.06. The van der Waals surface area contributed by atoms with E-state index in [0.717, 1.165) is 5.06 Å². The lowest BCUT2D eigenvalue weighted by Crippen LogP contribution is -2.22. The van der Waals surface area contributed by atoms with E-state index >= 15 is 0 Å². The van der Waals surface area contributed by atoms with E-state index < -0.39 is 0 Å². The molecule has 0 heterocycles. The molecule has 0 aliphatic carbocycles. The van der Waals surface area contributed by atoms with Crippen molar-refractivity contribution in [3.8, 4) is 0 Å². The van der Waals surface area contributed by atoms with Crippen LogP contribution in [0.3, 0.4) is 0 Å². The standard InChI is InChI=1S/C4H11N3O/c1-6(5)3-4-7(2)8/h5H,3-4H2,1-2H3/q-2. The smallest absolute Gasteiger partial charge is 0.00307 e. The minimum absolute atomic E-state index is 0.403. The molecule has 0 saturated carbocycles. The highest BCUT2D eigenvalue weighted by molar-refractivity contribution is 4.54. The Morgan fingerprint density at radius 1 is 1.38 bits per heavy atom. The van der Waals surface area contributed by atoms with Gasteiger partial charge in [0, 0.05) is 0 Å². The Bertz CT molecular complexity index is 47.2. The fourth-order valence-electron chi connectivity index (χ4n) is 0.291. The van der Waals surface area contributed by atoms with E-state index in [0.29, 0.717) is 13.1 Å². The molecule has 0 aromatic rings. The summed E-state index contributed by atoms with van der Waals surface area (Å²) in [6, 6.07) is 0. The molecule has 0 radical (unpaired) electrons. The average molecular weight is 117 g/mol. The topological polar surface area (TPSA) is 53.3 Å². The SMILES string of the molecule is CN([NH-])CCN(C)[O-]. The van der Waals surface area contributed by atoms with Crippen LogP contribution in [0.4, 0.5) is 0 Å². The maximum atomic E-state index is 10.2. The molecule has 4 heteroatoms. The second kappa shape index (κ2) is 3.80. The summed E-state index contributed by atoms with van der Waals surface area (Å²) in [5, 5.41) is 12.2. The maximum absolute atomic E-state index is 10.2. The molecule has 0 aromatic heterocycles. The Balaban J connectivity index is 2.93. The lowest BCUT2D eigenvalue weighted by atomic mass is 10.6. The van der Waals surface area contributed by atoms with Crippen LogP contribution in [-0.2, 0) is 0 Å². The molecule has 0 atom stereocenters. The molecule has 0 amide bonds. The van der Waals surface area contributed by atoms with Gasteiger partial charge in [0.15, 0.2) is 0 Å². The monoisotopic (exact) mass is 117 g/mol. The van der Waals surface area contributed by atoms with Gasteiger partial charge in [-0.15, -0.1) is 0 Å². The summed E-state index contributed by atoms with van der Waals surface area (Å²) in [4.78, 5) is 0. The lowest BCUT2D eigenvalue weighted by Gasteiger charge is -2.27. The molecule has 4 nitrogen and oxygen atoms in total. The molecule has 0 saturated heterocycles. The van der Waals surface area contributed by atoms with Gasteiger partial charge in [-0.2, -0.15) is 0 Å². The van der Waals surface area contributed by atoms with Gasteiger partial charge in [-0.3, -0.25) is 0 Å². The van der Waals surface area contributed by atoms with Crippen LogP contribution in [0.5, 0.6) is 0 Å². The molecule has 0 aromatic carbocycles. The summed E-state index contributed by atoms with van der Waals surface area (Å²) >= 11 is 0. The van der Waals surface area contributed by atoms with Crippen molar-refractivity contribution in [1.82, 2.24) is 10.1 Å². The molecule has 0 aliphatic heterocycles. The summed E-state index contributed by atoms with van der Waals surface area (Å²) in [6.07, 6.45) is 0. The minimum Gasteiger partial charge on any atom is -0.785 e. The Morgan fingerprint density at radius 2 is 1.88 bits per heavy atom. The van der Waals surface area contributed by atoms with Crippen molar-refractivity contribution < 1.29 is 0 Å². The van der Waals surface area contributed by atoms with Crippen LogP contribution in [0.15, 0.2) is 0 Å². The molecule has 1 N–H and O–H groups in total. The molecule has 0 spiro atoms. The molecule has 0 rings (SSSR count). The first-order valence-electron chi connectivity index (χ1n) is 2.43. The van der Waals surface area contributed by atoms with Crippen molar-refractivity contribution in [2.24, 2.45) is 0 Å². The van der Waals surface area contributed by atoms with Crippen molar-refractivity contribution in [3.63, 3.8) is 0 Å². The van der Waals surface area contributed by atoms with Gasteiger partial charge in [0.05, 0.1) is 0 Å². The number of nitrogens with zero attached hydrogens (tertiary/aromatic N) is 2. The quantitative estimate of drug-likeness (QED) is 0.500. The number of hydrogen-bond donors (Lipinski definition) is 0. The van der Waals surface area contributed by atoms with Gasteiger partial charge >= 0.3 is 0 Å². The molecule has 8 heavy (non-hydrogen) atoms. The third-order valence-electron chi connectivity index (χ3n) is 0.750. The van der Waals surface area contributed by atoms with Crippen LogP contribution in [0.1, 0.15) is 0 Å². The first-order chi connectivity index (χ1) is 3.63. The molecule has 50 valence electrons. The highest BCUT2D eigenvalue weighted by atomic mass is 16.5. The van der Waals surface area contributed by atoms with Gasteiger partial charge in [0.2, 0.25) is 0 Å². The third kappa shape index (κ3) is 5.84. The van der Waals surface area contributed by atoms with Crippen LogP contribution < -0.4 is 0 Å². The van der Waals surface area contributed by atoms with Gasteiger partial charge < -0.3 is 21.1 Å². The van der Waals surface area contributed by atoms with Crippen LogP contribution in [0.2, 0.25) is 0 Å². The molecule has 0 bridgehead atoms. The Morgan fingerprint density at radius 3 is 2.00 bits per heavy atom. The number of hydroxylamine groups is 2. The van der Waals surface area contributed by atoms with E-state index in [-0.39, 0.29) is 0 Å². The van der Waals surface area contributed by atoms with E-state index in [2.05, 4.69) is 0 Å². The normalized spacial score (nSPS) is 11.2. The van der Waals surface area contributed by atoms with Gasteiger partial charge in [0.1, 0.15) is 0 Å². The minimum atomic E-state index is 0.403. The molecular weight excluding hydrogens is 106 g/mol. The molecule has 0 unspecified atom stereocenters. The van der Waals surface area contributed by atoms with E-state index in [1.807, 2.05) is 0 Å². The Kier molecular flexibility index (Phi) is 3.72. The number of rotatable bonds is 3. The van der Waals surface area contributed by atoms with Gasteiger partial charge in [-0.1, -0.05) is 0 Å². The van der Waals surface area contributed by atoms with Gasteiger partial charge in [0.25, 0.3) is 0 Å². The van der Waals surface area contributed by atoms with Crippen molar-refractivity contribution in [2.75, 3.05) is 27.2 Å². The van der Waals surface area contributed by atoms with Crippen LogP contribution in [0.25, 0.3) is 5.84 Å². The van der Waals surface area contributed by atoms with Crippen molar-refractivity contribution >= 4 is 0 Å². The number of likely N-dealkylation sites (N-methyl/N-ethyl adjacent to an activating group) is 2. The van der Waals surface area contributed by atoms with Crippen LogP contribution in [0, 0.1) is 5.21 Å². The highest BCUT2D eigenvalue weighted by Gasteiger charge is 1.80. The summed E-state index contributed by atoms with van der Waals surface area (Å²) in [6.45, 7) is 0.903. The fourth-order valence-corrected chi connectivity index (χ4v) is 0.291. The second-order valence-corrected chi connectivity index (χ2v) is 1.77. The lowest BCUT2D eigenvalue weighted by molar-refractivity contribution is 0.367. The predicted molar refractivity (Wildman–Crippen MR) is 32.9 cm³/mol. The zero-order chi connectivity index (χ0) is 6.57. The highest BCUT2D eigenvalue weighted by Crippen LogP contribution is 1.80. The maximum Gasteiger partial charge on any atom is -0.00307 e. The van der Waals surface area contributed by atoms with Crippen molar-refractivity contribution in [1.29, 1.82) is 0 Å². The van der Waals surface area contributed by atoms with E-state index in [1.165, 1.54) is 12.1 Å². The first kappa shape index (κ1) is 7.84. The summed E-state index contributed by atoms with van der Waals surface area (Å²) < 4.78 is 0. The Labute approximate surface area is 49.4 Å². The average Bonchev–Trinajstić information content (AvgIpc) is 1.61. The Hall–Kier alpha value is -0.160. The van der Waals surface area contributed by atoms with E-state index in [9.17, 15) is 5.21 Å². The molecule has 0 aliphatic rings. The van der Waals surface area contributed by atoms with Crippen molar-refractivity contribution in [2.45, 2.75) is 0 Å². The van der Waals surface area contributed by atoms with E-state index in [4.69, 9.17) is 5.84 Å². The van der Waals surface area contributed by atoms with Gasteiger partial charge in [-0.25, -0.2) is 0 Å². The van der Waals surface area contributed by atoms with E-state index in [1.54, 1.807) is 7.05 Å². The number of hydrogen-bond acceptors (Lipinski definition) is 3. The van der Waals surface area contributed by atoms with Crippen LogP contribution in [-0.4, -0.2) is 37.3 Å².